The first-order chi connectivity index (χ1) is 5.66. The number of nitrogens with zero attached hydrogens (tertiary/aromatic N) is 3. The molecule has 0 aliphatic heterocycles. The van der Waals surface area contributed by atoms with Crippen LogP contribution >= 0.6 is 0 Å². The number of hydrogen-bond acceptors (Lipinski definition) is 4. The molecule has 0 aliphatic carbocycles. The van der Waals surface area contributed by atoms with Crippen LogP contribution in [0.3, 0.4) is 0 Å². The molecule has 1 aromatic heterocycles. The van der Waals surface area contributed by atoms with Crippen molar-refractivity contribution in [2.45, 2.75) is 6.54 Å². The number of carbonyl (C=O) groups excluding carboxylic acids is 1. The van der Waals surface area contributed by atoms with Crippen LogP contribution in [0.5, 0.6) is 0 Å². The van der Waals surface area contributed by atoms with Crippen LogP contribution in [0.4, 0.5) is 0 Å². The van der Waals surface area contributed by atoms with Crippen molar-refractivity contribution in [1.29, 1.82) is 0 Å². The van der Waals surface area contributed by atoms with E-state index in [0.29, 0.717) is 6.29 Å². The third kappa shape index (κ3) is 1.31. The van der Waals surface area contributed by atoms with Crippen molar-refractivity contribution in [3.05, 3.63) is 27.0 Å². The molecule has 0 atom stereocenters. The highest BCUT2D eigenvalue weighted by molar-refractivity contribution is 5.48. The van der Waals surface area contributed by atoms with Crippen LogP contribution in [-0.4, -0.2) is 20.6 Å². The maximum absolute atomic E-state index is 10.9. The lowest BCUT2D eigenvalue weighted by atomic mass is 10.7. The van der Waals surface area contributed by atoms with Gasteiger partial charge in [-0.3, -0.25) is 14.3 Å². The molecule has 1 radical (unpaired) electrons. The van der Waals surface area contributed by atoms with Gasteiger partial charge in [0.15, 0.2) is 6.33 Å². The van der Waals surface area contributed by atoms with E-state index in [1.807, 2.05) is 0 Å². The van der Waals surface area contributed by atoms with Crippen LogP contribution in [0.25, 0.3) is 0 Å². The van der Waals surface area contributed by atoms with Gasteiger partial charge >= 0.3 is 11.1 Å². The summed E-state index contributed by atoms with van der Waals surface area (Å²) >= 11 is 0. The number of rotatable bonds is 2. The number of aldehydes is 1. The summed E-state index contributed by atoms with van der Waals surface area (Å²) in [7, 11) is 1.37. The molecule has 63 valence electrons. The van der Waals surface area contributed by atoms with E-state index in [9.17, 15) is 14.4 Å². The fourth-order valence-corrected chi connectivity index (χ4v) is 0.700. The summed E-state index contributed by atoms with van der Waals surface area (Å²) in [4.78, 5) is 34.7. The fraction of sp³-hybridized carbons (Fsp3) is 0.333. The minimum atomic E-state index is -0.875. The van der Waals surface area contributed by atoms with E-state index in [1.54, 1.807) is 0 Å². The summed E-state index contributed by atoms with van der Waals surface area (Å²) in [5.41, 5.74) is -1.64. The smallest absolute Gasteiger partial charge is 0.301 e. The number of carbonyl (C=O) groups is 1. The first kappa shape index (κ1) is 8.38. The molecule has 1 heterocycles. The van der Waals surface area contributed by atoms with Crippen molar-refractivity contribution in [2.75, 3.05) is 0 Å². The van der Waals surface area contributed by atoms with Crippen LogP contribution in [0, 0.1) is 6.33 Å². The van der Waals surface area contributed by atoms with Crippen molar-refractivity contribution < 1.29 is 4.79 Å². The predicted molar refractivity (Wildman–Crippen MR) is 38.6 cm³/mol. The zero-order valence-corrected chi connectivity index (χ0v) is 6.35. The van der Waals surface area contributed by atoms with Crippen LogP contribution in [0.2, 0.25) is 0 Å². The van der Waals surface area contributed by atoms with Gasteiger partial charge in [0.25, 0.3) is 0 Å². The predicted octanol–water partition coefficient (Wildman–Crippen LogP) is -2.06. The Morgan fingerprint density at radius 2 is 2.25 bits per heavy atom. The van der Waals surface area contributed by atoms with Gasteiger partial charge in [-0.2, -0.15) is 4.98 Å². The van der Waals surface area contributed by atoms with Crippen LogP contribution < -0.4 is 11.1 Å². The Morgan fingerprint density at radius 1 is 1.58 bits per heavy atom. The van der Waals surface area contributed by atoms with E-state index in [2.05, 4.69) is 11.3 Å². The molecule has 0 bridgehead atoms. The highest BCUT2D eigenvalue weighted by atomic mass is 16.2. The first-order valence-electron chi connectivity index (χ1n) is 3.16. The Balaban J connectivity index is 3.36. The molecule has 0 aliphatic rings. The molecule has 1 aromatic rings. The molecular formula is C6H6N3O3. The van der Waals surface area contributed by atoms with Crippen LogP contribution in [0.15, 0.2) is 9.59 Å². The molecule has 0 aromatic carbocycles. The maximum atomic E-state index is 10.9. The van der Waals surface area contributed by atoms with Gasteiger partial charge < -0.3 is 4.79 Å². The summed E-state index contributed by atoms with van der Waals surface area (Å²) in [6.45, 7) is -0.0426. The molecular weight excluding hydrogens is 162 g/mol. The molecule has 0 saturated heterocycles. The second kappa shape index (κ2) is 3.12. The highest BCUT2D eigenvalue weighted by Gasteiger charge is 2.00. The lowest BCUT2D eigenvalue weighted by Gasteiger charge is -2.04. The molecule has 0 amide bonds. The van der Waals surface area contributed by atoms with Gasteiger partial charge in [-0.15, -0.1) is 0 Å². The normalized spacial score (nSPS) is 9.75. The molecule has 0 unspecified atom stereocenters. The minimum Gasteiger partial charge on any atom is -0.301 e. The largest absolute Gasteiger partial charge is 0.339 e. The van der Waals surface area contributed by atoms with Gasteiger partial charge in [-0.25, -0.2) is 4.68 Å². The maximum Gasteiger partial charge on any atom is 0.339 e. The van der Waals surface area contributed by atoms with Crippen molar-refractivity contribution in [3.8, 4) is 0 Å². The van der Waals surface area contributed by atoms with Gasteiger partial charge in [0, 0.05) is 7.05 Å². The zero-order chi connectivity index (χ0) is 9.14. The summed E-state index contributed by atoms with van der Waals surface area (Å²) < 4.78 is 2.11. The zero-order valence-electron chi connectivity index (χ0n) is 6.35. The van der Waals surface area contributed by atoms with Crippen molar-refractivity contribution in [1.82, 2.24) is 14.3 Å². The number of aromatic nitrogens is 3. The minimum absolute atomic E-state index is 0.0426. The average Bonchev–Trinajstić information content (AvgIpc) is 2.07. The SMILES string of the molecule is Cn1c(=O)c(=O)n[c]n1CC=O. The second-order valence-electron chi connectivity index (χ2n) is 2.09. The lowest BCUT2D eigenvalue weighted by Crippen LogP contribution is -2.40. The number of hydrogen-bond donors (Lipinski definition) is 0. The van der Waals surface area contributed by atoms with Crippen molar-refractivity contribution in [3.63, 3.8) is 0 Å². The average molecular weight is 168 g/mol. The fourth-order valence-electron chi connectivity index (χ4n) is 0.700. The Bertz CT molecular complexity index is 403. The topological polar surface area (TPSA) is 74.0 Å². The third-order valence-corrected chi connectivity index (χ3v) is 1.35. The van der Waals surface area contributed by atoms with E-state index in [1.165, 1.54) is 7.05 Å². The van der Waals surface area contributed by atoms with Crippen LogP contribution in [-0.2, 0) is 18.4 Å². The highest BCUT2D eigenvalue weighted by Crippen LogP contribution is 1.72. The Labute approximate surface area is 67.1 Å². The first-order valence-corrected chi connectivity index (χ1v) is 3.16. The molecule has 0 fully saturated rings. The van der Waals surface area contributed by atoms with Gasteiger partial charge in [-0.1, -0.05) is 0 Å². The Kier molecular flexibility index (Phi) is 2.18. The van der Waals surface area contributed by atoms with Crippen molar-refractivity contribution >= 4 is 6.29 Å². The molecule has 6 nitrogen and oxygen atoms in total. The van der Waals surface area contributed by atoms with Crippen LogP contribution in [0.1, 0.15) is 0 Å². The molecule has 1 rings (SSSR count). The molecule has 0 spiro atoms. The quantitative estimate of drug-likeness (QED) is 0.376. The second-order valence-corrected chi connectivity index (χ2v) is 2.09. The third-order valence-electron chi connectivity index (χ3n) is 1.35. The summed E-state index contributed by atoms with van der Waals surface area (Å²) in [5, 5.41) is 0. The van der Waals surface area contributed by atoms with E-state index < -0.39 is 11.1 Å². The summed E-state index contributed by atoms with van der Waals surface area (Å²) in [5.74, 6) is 0. The molecule has 0 saturated carbocycles. The van der Waals surface area contributed by atoms with Gasteiger partial charge in [0.1, 0.15) is 6.29 Å². The Morgan fingerprint density at radius 3 is 2.83 bits per heavy atom. The van der Waals surface area contributed by atoms with Crippen molar-refractivity contribution in [2.24, 2.45) is 7.05 Å². The molecule has 6 heteroatoms. The van der Waals surface area contributed by atoms with Gasteiger partial charge in [0.05, 0.1) is 6.54 Å². The standard InChI is InChI=1S/C6H6N3O3/c1-8-6(12)5(11)7-4-9(8)2-3-10/h3H,2H2,1H3. The van der Waals surface area contributed by atoms with E-state index in [-0.39, 0.29) is 6.54 Å². The summed E-state index contributed by atoms with van der Waals surface area (Å²) in [6.07, 6.45) is 2.82. The van der Waals surface area contributed by atoms with E-state index >= 15 is 0 Å². The Hall–Kier alpha value is -1.72. The van der Waals surface area contributed by atoms with Gasteiger partial charge in [-0.05, 0) is 0 Å². The lowest BCUT2D eigenvalue weighted by molar-refractivity contribution is -0.108. The monoisotopic (exact) mass is 168 g/mol. The molecule has 12 heavy (non-hydrogen) atoms. The molecule has 0 N–H and O–H groups in total. The van der Waals surface area contributed by atoms with E-state index in [4.69, 9.17) is 0 Å². The van der Waals surface area contributed by atoms with E-state index in [0.717, 1.165) is 9.36 Å². The van der Waals surface area contributed by atoms with Gasteiger partial charge in [0.2, 0.25) is 0 Å². The summed E-state index contributed by atoms with van der Waals surface area (Å²) in [6, 6.07) is 0.